The normalized spacial score (nSPS) is 11.9. The number of alkyl halides is 1. The van der Waals surface area contributed by atoms with Crippen molar-refractivity contribution in [3.05, 3.63) is 0 Å². The summed E-state index contributed by atoms with van der Waals surface area (Å²) in [5.41, 5.74) is 0. The predicted molar refractivity (Wildman–Crippen MR) is 40.8 cm³/mol. The number of unbranched alkanes of at least 4 members (excludes halogenated alkanes) is 1. The summed E-state index contributed by atoms with van der Waals surface area (Å²) in [6.07, 6.45) is 0.614. The molecule has 3 heteroatoms. The van der Waals surface area contributed by atoms with Gasteiger partial charge >= 0.3 is 0 Å². The van der Waals surface area contributed by atoms with Gasteiger partial charge in [-0.1, -0.05) is 5.92 Å². The van der Waals surface area contributed by atoms with E-state index in [9.17, 15) is 0 Å². The number of halogens is 1. The van der Waals surface area contributed by atoms with Crippen molar-refractivity contribution in [2.24, 2.45) is 0 Å². The Kier molecular flexibility index (Phi) is 6.73. The Morgan fingerprint density at radius 3 is 2.70 bits per heavy atom. The highest BCUT2D eigenvalue weighted by atomic mass is 35.5. The number of aliphatic hydroxyl groups is 2. The van der Waals surface area contributed by atoms with Crippen molar-refractivity contribution in [1.82, 2.24) is 0 Å². The zero-order chi connectivity index (χ0) is 7.82. The SMILES string of the molecule is OC[C@H](O)C#CCCCCl. The molecule has 0 aliphatic rings. The molecule has 58 valence electrons. The third-order valence-electron chi connectivity index (χ3n) is 0.877. The lowest BCUT2D eigenvalue weighted by Crippen LogP contribution is -2.07. The second-order valence-corrected chi connectivity index (χ2v) is 2.19. The largest absolute Gasteiger partial charge is 0.393 e. The molecule has 0 aliphatic heterocycles. The van der Waals surface area contributed by atoms with Gasteiger partial charge in [0.05, 0.1) is 6.61 Å². The molecule has 0 radical (unpaired) electrons. The van der Waals surface area contributed by atoms with Gasteiger partial charge in [-0.3, -0.25) is 0 Å². The Morgan fingerprint density at radius 1 is 1.50 bits per heavy atom. The summed E-state index contributed by atoms with van der Waals surface area (Å²) in [5.74, 6) is 5.74. The summed E-state index contributed by atoms with van der Waals surface area (Å²) >= 11 is 5.37. The summed E-state index contributed by atoms with van der Waals surface area (Å²) in [4.78, 5) is 0. The molecule has 10 heavy (non-hydrogen) atoms. The molecule has 0 aromatic carbocycles. The highest BCUT2D eigenvalue weighted by molar-refractivity contribution is 6.17. The van der Waals surface area contributed by atoms with E-state index in [0.29, 0.717) is 12.3 Å². The van der Waals surface area contributed by atoms with E-state index < -0.39 is 6.10 Å². The van der Waals surface area contributed by atoms with Gasteiger partial charge in [0.25, 0.3) is 0 Å². The van der Waals surface area contributed by atoms with Gasteiger partial charge in [-0.15, -0.1) is 17.5 Å². The Morgan fingerprint density at radius 2 is 2.20 bits per heavy atom. The summed E-state index contributed by atoms with van der Waals surface area (Å²) in [7, 11) is 0. The molecule has 0 aromatic heterocycles. The molecule has 0 aromatic rings. The Balaban J connectivity index is 3.29. The van der Waals surface area contributed by atoms with Crippen LogP contribution in [-0.2, 0) is 0 Å². The second kappa shape index (κ2) is 6.88. The minimum atomic E-state index is -0.893. The van der Waals surface area contributed by atoms with E-state index in [-0.39, 0.29) is 6.61 Å². The van der Waals surface area contributed by atoms with Crippen LogP contribution in [0.1, 0.15) is 12.8 Å². The van der Waals surface area contributed by atoms with Crippen molar-refractivity contribution in [3.8, 4) is 11.8 Å². The molecule has 2 nitrogen and oxygen atoms in total. The van der Waals surface area contributed by atoms with E-state index in [4.69, 9.17) is 21.8 Å². The van der Waals surface area contributed by atoms with Crippen molar-refractivity contribution in [3.63, 3.8) is 0 Å². The van der Waals surface area contributed by atoms with Crippen molar-refractivity contribution in [2.75, 3.05) is 12.5 Å². The van der Waals surface area contributed by atoms with Gasteiger partial charge in [-0.25, -0.2) is 0 Å². The molecule has 0 heterocycles. The van der Waals surface area contributed by atoms with Crippen molar-refractivity contribution in [2.45, 2.75) is 18.9 Å². The van der Waals surface area contributed by atoms with Crippen LogP contribution in [0.4, 0.5) is 0 Å². The first-order valence-electron chi connectivity index (χ1n) is 3.14. The van der Waals surface area contributed by atoms with Crippen LogP contribution in [0.2, 0.25) is 0 Å². The molecule has 1 atom stereocenters. The smallest absolute Gasteiger partial charge is 0.137 e. The van der Waals surface area contributed by atoms with Gasteiger partial charge in [0.2, 0.25) is 0 Å². The summed E-state index contributed by atoms with van der Waals surface area (Å²) in [6, 6.07) is 0. The summed E-state index contributed by atoms with van der Waals surface area (Å²) in [6.45, 7) is -0.298. The quantitative estimate of drug-likeness (QED) is 0.358. The molecule has 0 amide bonds. The number of hydrogen-bond acceptors (Lipinski definition) is 2. The van der Waals surface area contributed by atoms with Crippen LogP contribution in [0.5, 0.6) is 0 Å². The van der Waals surface area contributed by atoms with E-state index in [1.807, 2.05) is 0 Å². The van der Waals surface area contributed by atoms with Gasteiger partial charge in [-0.05, 0) is 6.42 Å². The fourth-order valence-electron chi connectivity index (χ4n) is 0.391. The Labute approximate surface area is 65.8 Å². The van der Waals surface area contributed by atoms with Crippen LogP contribution in [0.15, 0.2) is 0 Å². The molecule has 0 unspecified atom stereocenters. The fraction of sp³-hybridized carbons (Fsp3) is 0.714. The fourth-order valence-corrected chi connectivity index (χ4v) is 0.524. The predicted octanol–water partition coefficient (Wildman–Crippen LogP) is 0.362. The molecule has 0 spiro atoms. The van der Waals surface area contributed by atoms with Crippen LogP contribution in [-0.4, -0.2) is 28.8 Å². The topological polar surface area (TPSA) is 40.5 Å². The van der Waals surface area contributed by atoms with Gasteiger partial charge in [0.1, 0.15) is 6.10 Å². The van der Waals surface area contributed by atoms with Gasteiger partial charge in [0.15, 0.2) is 0 Å². The average Bonchev–Trinajstić information content (AvgIpc) is 1.98. The van der Waals surface area contributed by atoms with Gasteiger partial charge in [0, 0.05) is 12.3 Å². The molecule has 0 rings (SSSR count). The molecular weight excluding hydrogens is 152 g/mol. The van der Waals surface area contributed by atoms with E-state index in [2.05, 4.69) is 11.8 Å². The van der Waals surface area contributed by atoms with E-state index in [1.54, 1.807) is 0 Å². The zero-order valence-corrected chi connectivity index (χ0v) is 6.43. The van der Waals surface area contributed by atoms with E-state index in [1.165, 1.54) is 0 Å². The lowest BCUT2D eigenvalue weighted by molar-refractivity contribution is 0.138. The van der Waals surface area contributed by atoms with Crippen LogP contribution in [0.3, 0.4) is 0 Å². The van der Waals surface area contributed by atoms with Crippen molar-refractivity contribution < 1.29 is 10.2 Å². The van der Waals surface area contributed by atoms with E-state index in [0.717, 1.165) is 6.42 Å². The van der Waals surface area contributed by atoms with Crippen molar-refractivity contribution in [1.29, 1.82) is 0 Å². The van der Waals surface area contributed by atoms with Gasteiger partial charge < -0.3 is 10.2 Å². The lowest BCUT2D eigenvalue weighted by Gasteiger charge is -1.92. The maximum absolute atomic E-state index is 8.70. The average molecular weight is 163 g/mol. The first kappa shape index (κ1) is 9.77. The Hall–Kier alpha value is -0.230. The van der Waals surface area contributed by atoms with Crippen LogP contribution in [0, 0.1) is 11.8 Å². The highest BCUT2D eigenvalue weighted by Crippen LogP contribution is 1.89. The molecular formula is C7H11ClO2. The van der Waals surface area contributed by atoms with Crippen LogP contribution >= 0.6 is 11.6 Å². The number of aliphatic hydroxyl groups excluding tert-OH is 2. The molecule has 2 N–H and O–H groups in total. The van der Waals surface area contributed by atoms with E-state index >= 15 is 0 Å². The maximum Gasteiger partial charge on any atom is 0.137 e. The monoisotopic (exact) mass is 162 g/mol. The van der Waals surface area contributed by atoms with Crippen LogP contribution in [0.25, 0.3) is 0 Å². The number of hydrogen-bond donors (Lipinski definition) is 2. The minimum Gasteiger partial charge on any atom is -0.393 e. The zero-order valence-electron chi connectivity index (χ0n) is 5.68. The number of rotatable bonds is 3. The summed E-state index contributed by atoms with van der Waals surface area (Å²) in [5, 5.41) is 17.0. The lowest BCUT2D eigenvalue weighted by atomic mass is 10.3. The first-order valence-corrected chi connectivity index (χ1v) is 3.68. The Bertz CT molecular complexity index is 125. The second-order valence-electron chi connectivity index (χ2n) is 1.81. The summed E-state index contributed by atoms with van der Waals surface area (Å²) < 4.78 is 0. The third kappa shape index (κ3) is 5.90. The van der Waals surface area contributed by atoms with Gasteiger partial charge in [-0.2, -0.15) is 0 Å². The highest BCUT2D eigenvalue weighted by Gasteiger charge is 1.91. The molecule has 0 aliphatic carbocycles. The molecule has 0 fully saturated rings. The minimum absolute atomic E-state index is 0.298. The van der Waals surface area contributed by atoms with Crippen LogP contribution < -0.4 is 0 Å². The molecule has 0 saturated carbocycles. The van der Waals surface area contributed by atoms with Crippen molar-refractivity contribution >= 4 is 11.6 Å². The first-order chi connectivity index (χ1) is 4.81. The maximum atomic E-state index is 8.70. The third-order valence-corrected chi connectivity index (χ3v) is 1.14. The molecule has 0 bridgehead atoms. The standard InChI is InChI=1S/C7H11ClO2/c8-5-3-1-2-4-7(10)6-9/h7,9-10H,1,3,5-6H2/t7-/m1/s1. The molecule has 0 saturated heterocycles.